The molecule has 0 fully saturated rings. The van der Waals surface area contributed by atoms with Gasteiger partial charge in [-0.25, -0.2) is 0 Å². The second-order valence-corrected chi connectivity index (χ2v) is 4.73. The molecule has 3 nitrogen and oxygen atoms in total. The molecule has 0 saturated heterocycles. The van der Waals surface area contributed by atoms with E-state index in [0.717, 1.165) is 11.1 Å². The Morgan fingerprint density at radius 2 is 1.67 bits per heavy atom. The van der Waals surface area contributed by atoms with Crippen LogP contribution in [0.4, 0.5) is 8.78 Å². The third-order valence-corrected chi connectivity index (χ3v) is 3.31. The predicted molar refractivity (Wildman–Crippen MR) is 77.1 cm³/mol. The van der Waals surface area contributed by atoms with Crippen molar-refractivity contribution < 1.29 is 18.3 Å². The molecule has 0 aliphatic heterocycles. The van der Waals surface area contributed by atoms with Gasteiger partial charge in [-0.05, 0) is 35.4 Å². The van der Waals surface area contributed by atoms with Gasteiger partial charge < -0.3 is 15.2 Å². The van der Waals surface area contributed by atoms with Crippen LogP contribution in [0.15, 0.2) is 42.5 Å². The Labute approximate surface area is 126 Å². The summed E-state index contributed by atoms with van der Waals surface area (Å²) >= 11 is 5.96. The van der Waals surface area contributed by atoms with Crippen molar-refractivity contribution in [2.75, 3.05) is 7.11 Å². The monoisotopic (exact) mass is 313 g/mol. The number of hydrogen-bond donors (Lipinski definition) is 1. The molecule has 2 aromatic carbocycles. The van der Waals surface area contributed by atoms with Crippen LogP contribution in [-0.2, 0) is 0 Å². The Morgan fingerprint density at radius 3 is 2.24 bits per heavy atom. The minimum atomic E-state index is -2.84. The zero-order valence-corrected chi connectivity index (χ0v) is 12.0. The van der Waals surface area contributed by atoms with Gasteiger partial charge in [0.2, 0.25) is 0 Å². The van der Waals surface area contributed by atoms with Crippen molar-refractivity contribution in [2.45, 2.75) is 12.7 Å². The van der Waals surface area contributed by atoms with Crippen LogP contribution in [0.2, 0.25) is 5.02 Å². The first kappa shape index (κ1) is 15.5. The smallest absolute Gasteiger partial charge is 0.387 e. The molecule has 6 heteroatoms. The number of methoxy groups -OCH3 is 1. The lowest BCUT2D eigenvalue weighted by atomic mass is 9.99. The fourth-order valence-corrected chi connectivity index (χ4v) is 2.11. The fourth-order valence-electron chi connectivity index (χ4n) is 1.92. The summed E-state index contributed by atoms with van der Waals surface area (Å²) in [6, 6.07) is 11.0. The van der Waals surface area contributed by atoms with Gasteiger partial charge in [0.15, 0.2) is 0 Å². The molecule has 0 aromatic heterocycles. The van der Waals surface area contributed by atoms with Gasteiger partial charge in [-0.3, -0.25) is 0 Å². The summed E-state index contributed by atoms with van der Waals surface area (Å²) in [5.74, 6) is 0.622. The molecule has 1 atom stereocenters. The van der Waals surface area contributed by atoms with E-state index in [4.69, 9.17) is 22.1 Å². The molecular weight excluding hydrogens is 300 g/mol. The molecule has 0 aliphatic carbocycles. The van der Waals surface area contributed by atoms with E-state index in [9.17, 15) is 8.78 Å². The summed E-state index contributed by atoms with van der Waals surface area (Å²) in [5.41, 5.74) is 7.72. The van der Waals surface area contributed by atoms with Gasteiger partial charge in [-0.15, -0.1) is 0 Å². The van der Waals surface area contributed by atoms with Gasteiger partial charge in [-0.1, -0.05) is 29.8 Å². The van der Waals surface area contributed by atoms with E-state index < -0.39 is 12.7 Å². The molecule has 0 saturated carbocycles. The lowest BCUT2D eigenvalue weighted by molar-refractivity contribution is -0.0498. The Morgan fingerprint density at radius 1 is 1.05 bits per heavy atom. The van der Waals surface area contributed by atoms with E-state index in [2.05, 4.69) is 4.74 Å². The van der Waals surface area contributed by atoms with E-state index >= 15 is 0 Å². The molecule has 0 aliphatic rings. The lowest BCUT2D eigenvalue weighted by Gasteiger charge is -2.15. The van der Waals surface area contributed by atoms with Crippen LogP contribution < -0.4 is 15.2 Å². The second kappa shape index (κ2) is 6.74. The van der Waals surface area contributed by atoms with Crippen LogP contribution in [0, 0.1) is 0 Å². The number of halogens is 3. The Bertz CT molecular complexity index is 605. The summed E-state index contributed by atoms with van der Waals surface area (Å²) in [6.07, 6.45) is 0. The quantitative estimate of drug-likeness (QED) is 0.907. The van der Waals surface area contributed by atoms with Crippen molar-refractivity contribution in [2.24, 2.45) is 5.73 Å². The number of ether oxygens (including phenoxy) is 2. The van der Waals surface area contributed by atoms with Crippen LogP contribution in [0.5, 0.6) is 11.5 Å². The minimum absolute atomic E-state index is 0.0923. The summed E-state index contributed by atoms with van der Waals surface area (Å²) in [7, 11) is 1.52. The van der Waals surface area contributed by atoms with Crippen LogP contribution >= 0.6 is 11.6 Å². The van der Waals surface area contributed by atoms with Gasteiger partial charge in [-0.2, -0.15) is 8.78 Å². The first-order valence-corrected chi connectivity index (χ1v) is 6.53. The molecule has 2 rings (SSSR count). The number of hydrogen-bond acceptors (Lipinski definition) is 3. The molecule has 0 spiro atoms. The minimum Gasteiger partial charge on any atom is -0.495 e. The Balaban J connectivity index is 2.21. The highest BCUT2D eigenvalue weighted by Crippen LogP contribution is 2.30. The normalized spacial score (nSPS) is 12.3. The van der Waals surface area contributed by atoms with Crippen LogP contribution in [0.25, 0.3) is 0 Å². The number of alkyl halides is 2. The maximum atomic E-state index is 12.1. The average molecular weight is 314 g/mol. The van der Waals surface area contributed by atoms with E-state index in [1.165, 1.54) is 19.2 Å². The van der Waals surface area contributed by atoms with E-state index in [1.54, 1.807) is 30.3 Å². The molecule has 2 N–H and O–H groups in total. The molecule has 1 unspecified atom stereocenters. The standard InChI is InChI=1S/C15H14ClF2NO2/c1-20-13-8-10(4-7-12(13)16)14(19)9-2-5-11(6-3-9)21-15(17)18/h2-8,14-15H,19H2,1H3. The summed E-state index contributed by atoms with van der Waals surface area (Å²) < 4.78 is 33.6. The molecule has 0 amide bonds. The van der Waals surface area contributed by atoms with Gasteiger partial charge >= 0.3 is 6.61 Å². The molecule has 21 heavy (non-hydrogen) atoms. The first-order chi connectivity index (χ1) is 10.0. The van der Waals surface area contributed by atoms with Gasteiger partial charge in [0.25, 0.3) is 0 Å². The van der Waals surface area contributed by atoms with Crippen molar-refractivity contribution >= 4 is 11.6 Å². The largest absolute Gasteiger partial charge is 0.495 e. The van der Waals surface area contributed by atoms with Crippen molar-refractivity contribution in [3.05, 3.63) is 58.6 Å². The van der Waals surface area contributed by atoms with Crippen LogP contribution in [0.3, 0.4) is 0 Å². The highest BCUT2D eigenvalue weighted by molar-refractivity contribution is 6.32. The van der Waals surface area contributed by atoms with Gasteiger partial charge in [0.1, 0.15) is 11.5 Å². The van der Waals surface area contributed by atoms with E-state index in [0.29, 0.717) is 10.8 Å². The van der Waals surface area contributed by atoms with E-state index in [1.807, 2.05) is 0 Å². The fraction of sp³-hybridized carbons (Fsp3) is 0.200. The Kier molecular flexibility index (Phi) is 4.98. The maximum absolute atomic E-state index is 12.1. The highest BCUT2D eigenvalue weighted by atomic mass is 35.5. The third-order valence-electron chi connectivity index (χ3n) is 3.00. The molecular formula is C15H14ClF2NO2. The summed E-state index contributed by atoms with van der Waals surface area (Å²) in [4.78, 5) is 0. The van der Waals surface area contributed by atoms with Crippen molar-refractivity contribution in [1.29, 1.82) is 0 Å². The molecule has 0 heterocycles. The maximum Gasteiger partial charge on any atom is 0.387 e. The molecule has 112 valence electrons. The van der Waals surface area contributed by atoms with Crippen LogP contribution in [0.1, 0.15) is 17.2 Å². The highest BCUT2D eigenvalue weighted by Gasteiger charge is 2.12. The second-order valence-electron chi connectivity index (χ2n) is 4.32. The van der Waals surface area contributed by atoms with Gasteiger partial charge in [0.05, 0.1) is 18.2 Å². The van der Waals surface area contributed by atoms with Crippen molar-refractivity contribution in [1.82, 2.24) is 0 Å². The number of benzene rings is 2. The molecule has 0 radical (unpaired) electrons. The SMILES string of the molecule is COc1cc(C(N)c2ccc(OC(F)F)cc2)ccc1Cl. The number of nitrogens with two attached hydrogens (primary N) is 1. The van der Waals surface area contributed by atoms with Crippen LogP contribution in [-0.4, -0.2) is 13.7 Å². The van der Waals surface area contributed by atoms with Crippen molar-refractivity contribution in [3.8, 4) is 11.5 Å². The summed E-state index contributed by atoms with van der Waals surface area (Å²) in [6.45, 7) is -2.84. The van der Waals surface area contributed by atoms with Crippen molar-refractivity contribution in [3.63, 3.8) is 0 Å². The third kappa shape index (κ3) is 3.83. The van der Waals surface area contributed by atoms with E-state index in [-0.39, 0.29) is 5.75 Å². The zero-order valence-electron chi connectivity index (χ0n) is 11.2. The molecule has 2 aromatic rings. The topological polar surface area (TPSA) is 44.5 Å². The Hall–Kier alpha value is -1.85. The zero-order chi connectivity index (χ0) is 15.4. The number of rotatable bonds is 5. The van der Waals surface area contributed by atoms with Gasteiger partial charge in [0, 0.05) is 0 Å². The average Bonchev–Trinajstić information content (AvgIpc) is 2.47. The predicted octanol–water partition coefficient (Wildman–Crippen LogP) is 4.00. The first-order valence-electron chi connectivity index (χ1n) is 6.15. The lowest BCUT2D eigenvalue weighted by Crippen LogP contribution is -2.12. The molecule has 0 bridgehead atoms. The summed E-state index contributed by atoms with van der Waals surface area (Å²) in [5, 5.41) is 0.495.